The Labute approximate surface area is 134 Å². The van der Waals surface area contributed by atoms with E-state index in [9.17, 15) is 0 Å². The number of phenols is 2. The molecule has 114 valence electrons. The van der Waals surface area contributed by atoms with Crippen LogP contribution in [0, 0.1) is 0 Å². The molecule has 21 heavy (non-hydrogen) atoms. The highest BCUT2D eigenvalue weighted by Gasteiger charge is 1.97. The van der Waals surface area contributed by atoms with E-state index in [1.807, 2.05) is 24.3 Å². The summed E-state index contributed by atoms with van der Waals surface area (Å²) in [6, 6.07) is 13.9. The topological polar surface area (TPSA) is 49.7 Å². The van der Waals surface area contributed by atoms with E-state index < -0.39 is 0 Å². The Morgan fingerprint density at radius 2 is 1.00 bits per heavy atom. The molecule has 5 heteroatoms. The van der Waals surface area contributed by atoms with Crippen molar-refractivity contribution in [3.05, 3.63) is 48.5 Å². The minimum Gasteiger partial charge on any atom is -0.508 e. The van der Waals surface area contributed by atoms with Crippen LogP contribution in [0.5, 0.6) is 11.5 Å². The summed E-state index contributed by atoms with van der Waals surface area (Å²) in [4.78, 5) is 0. The third-order valence-electron chi connectivity index (χ3n) is 2.51. The number of hydrogen-bond donors (Lipinski definition) is 2. The van der Waals surface area contributed by atoms with Crippen molar-refractivity contribution in [2.24, 2.45) is 0 Å². The van der Waals surface area contributed by atoms with Crippen molar-refractivity contribution >= 4 is 23.2 Å². The van der Waals surface area contributed by atoms with E-state index in [1.54, 1.807) is 24.3 Å². The summed E-state index contributed by atoms with van der Waals surface area (Å²) in [5, 5.41) is 18.2. The lowest BCUT2D eigenvalue weighted by Crippen LogP contribution is -1.97. The molecule has 2 N–H and O–H groups in total. The maximum absolute atomic E-state index is 9.11. The van der Waals surface area contributed by atoms with E-state index in [-0.39, 0.29) is 11.5 Å². The van der Waals surface area contributed by atoms with Gasteiger partial charge in [0.25, 0.3) is 0 Å². The Morgan fingerprint density at radius 3 is 1.29 bits per heavy atom. The van der Waals surface area contributed by atoms with Crippen LogP contribution in [0.1, 0.15) is 0 Å². The molecule has 2 rings (SSSR count). The van der Waals surface area contributed by atoms with Gasteiger partial charge in [0, 0.05) is 11.8 Å². The van der Waals surface area contributed by atoms with Gasteiger partial charge < -0.3 is 14.9 Å². The Balaban J connectivity index is 0.000000270. The van der Waals surface area contributed by atoms with Crippen LogP contribution in [0.4, 0.5) is 0 Å². The van der Waals surface area contributed by atoms with Crippen LogP contribution < -0.4 is 0 Å². The predicted octanol–water partition coefficient (Wildman–Crippen LogP) is 4.25. The van der Waals surface area contributed by atoms with Crippen LogP contribution in [0.15, 0.2) is 48.5 Å². The fourth-order valence-electron chi connectivity index (χ4n) is 1.52. The maximum atomic E-state index is 9.11. The van der Waals surface area contributed by atoms with E-state index in [0.717, 1.165) is 11.1 Å². The summed E-state index contributed by atoms with van der Waals surface area (Å²) in [5.41, 5.74) is 2.03. The molecule has 0 unspecified atom stereocenters. The van der Waals surface area contributed by atoms with E-state index in [1.165, 1.54) is 0 Å². The third kappa shape index (κ3) is 7.23. The normalized spacial score (nSPS) is 9.81. The van der Waals surface area contributed by atoms with Crippen molar-refractivity contribution < 1.29 is 14.9 Å². The number of phenolic OH excluding ortho intramolecular Hbond substituents is 2. The van der Waals surface area contributed by atoms with Gasteiger partial charge in [-0.3, -0.25) is 0 Å². The smallest absolute Gasteiger partial charge is 0.115 e. The average Bonchev–Trinajstić information content (AvgIpc) is 2.50. The molecule has 0 aliphatic rings. The van der Waals surface area contributed by atoms with E-state index in [2.05, 4.69) is 0 Å². The molecule has 0 aliphatic heterocycles. The minimum absolute atomic E-state index is 0.257. The first-order valence-corrected chi connectivity index (χ1v) is 7.52. The van der Waals surface area contributed by atoms with E-state index in [0.29, 0.717) is 25.0 Å². The van der Waals surface area contributed by atoms with Crippen molar-refractivity contribution in [1.82, 2.24) is 0 Å². The van der Waals surface area contributed by atoms with Gasteiger partial charge in [-0.25, -0.2) is 0 Å². The van der Waals surface area contributed by atoms with Gasteiger partial charge in [0.2, 0.25) is 0 Å². The van der Waals surface area contributed by atoms with Gasteiger partial charge in [0.15, 0.2) is 0 Å². The zero-order chi connectivity index (χ0) is 15.5. The maximum Gasteiger partial charge on any atom is 0.115 e. The molecule has 0 saturated carbocycles. The molecule has 0 atom stereocenters. The standard InChI is InChI=1S/C12H10O2.C4H8Cl2O/c13-11-5-1-9(2-6-11)10-3-7-12(14)8-4-10;5-1-3-7-4-2-6/h1-8,13-14H;1-4H2. The monoisotopic (exact) mass is 328 g/mol. The first-order chi connectivity index (χ1) is 10.2. The summed E-state index contributed by atoms with van der Waals surface area (Å²) < 4.78 is 4.87. The molecule has 0 aliphatic carbocycles. The number of hydrogen-bond acceptors (Lipinski definition) is 3. The summed E-state index contributed by atoms with van der Waals surface area (Å²) >= 11 is 10.5. The second-order valence-electron chi connectivity index (χ2n) is 4.08. The van der Waals surface area contributed by atoms with Gasteiger partial charge in [-0.2, -0.15) is 0 Å². The molecule has 0 saturated heterocycles. The molecule has 0 spiro atoms. The minimum atomic E-state index is 0.257. The lowest BCUT2D eigenvalue weighted by atomic mass is 10.1. The summed E-state index contributed by atoms with van der Waals surface area (Å²) in [6.45, 7) is 1.21. The van der Waals surface area contributed by atoms with Gasteiger partial charge in [-0.15, -0.1) is 23.2 Å². The van der Waals surface area contributed by atoms with Crippen LogP contribution in [0.2, 0.25) is 0 Å². The molecule has 0 bridgehead atoms. The lowest BCUT2D eigenvalue weighted by molar-refractivity contribution is 0.165. The van der Waals surface area contributed by atoms with Crippen LogP contribution in [-0.4, -0.2) is 35.2 Å². The first kappa shape index (κ1) is 17.6. The van der Waals surface area contributed by atoms with Crippen LogP contribution in [0.3, 0.4) is 0 Å². The molecule has 0 amide bonds. The largest absolute Gasteiger partial charge is 0.508 e. The predicted molar refractivity (Wildman–Crippen MR) is 87.5 cm³/mol. The number of rotatable bonds is 5. The molecule has 0 heterocycles. The van der Waals surface area contributed by atoms with Gasteiger partial charge in [-0.05, 0) is 35.4 Å². The fraction of sp³-hybridized carbons (Fsp3) is 0.250. The molecule has 3 nitrogen and oxygen atoms in total. The summed E-state index contributed by atoms with van der Waals surface area (Å²) in [5.74, 6) is 1.62. The van der Waals surface area contributed by atoms with Crippen molar-refractivity contribution in [2.75, 3.05) is 25.0 Å². The van der Waals surface area contributed by atoms with E-state index in [4.69, 9.17) is 38.2 Å². The number of alkyl halides is 2. The van der Waals surface area contributed by atoms with Crippen molar-refractivity contribution in [2.45, 2.75) is 0 Å². The number of aromatic hydroxyl groups is 2. The number of benzene rings is 2. The van der Waals surface area contributed by atoms with Gasteiger partial charge in [-0.1, -0.05) is 24.3 Å². The lowest BCUT2D eigenvalue weighted by Gasteiger charge is -2.01. The Morgan fingerprint density at radius 1 is 0.667 bits per heavy atom. The van der Waals surface area contributed by atoms with Crippen LogP contribution in [0.25, 0.3) is 11.1 Å². The van der Waals surface area contributed by atoms with Crippen molar-refractivity contribution in [1.29, 1.82) is 0 Å². The highest BCUT2D eigenvalue weighted by Crippen LogP contribution is 2.23. The fourth-order valence-corrected chi connectivity index (χ4v) is 1.74. The second kappa shape index (κ2) is 10.3. The number of halogens is 2. The van der Waals surface area contributed by atoms with Gasteiger partial charge >= 0.3 is 0 Å². The van der Waals surface area contributed by atoms with Gasteiger partial charge in [0.1, 0.15) is 11.5 Å². The molecule has 2 aromatic carbocycles. The van der Waals surface area contributed by atoms with Crippen molar-refractivity contribution in [3.8, 4) is 22.6 Å². The number of ether oxygens (including phenoxy) is 1. The highest BCUT2D eigenvalue weighted by atomic mass is 35.5. The van der Waals surface area contributed by atoms with Crippen LogP contribution >= 0.6 is 23.2 Å². The van der Waals surface area contributed by atoms with E-state index >= 15 is 0 Å². The Bertz CT molecular complexity index is 450. The third-order valence-corrected chi connectivity index (χ3v) is 2.82. The Hall–Kier alpha value is -1.42. The molecule has 0 fully saturated rings. The molecular weight excluding hydrogens is 311 g/mol. The van der Waals surface area contributed by atoms with Crippen LogP contribution in [-0.2, 0) is 4.74 Å². The first-order valence-electron chi connectivity index (χ1n) is 6.45. The molecule has 0 radical (unpaired) electrons. The Kier molecular flexibility index (Phi) is 8.67. The highest BCUT2D eigenvalue weighted by molar-refractivity contribution is 6.18. The zero-order valence-electron chi connectivity index (χ0n) is 11.5. The van der Waals surface area contributed by atoms with Crippen molar-refractivity contribution in [3.63, 3.8) is 0 Å². The second-order valence-corrected chi connectivity index (χ2v) is 4.84. The quantitative estimate of drug-likeness (QED) is 0.637. The molecule has 0 aromatic heterocycles. The zero-order valence-corrected chi connectivity index (χ0v) is 13.0. The average molecular weight is 329 g/mol. The SMILES string of the molecule is ClCCOCCCl.Oc1ccc(-c2ccc(O)cc2)cc1. The molecule has 2 aromatic rings. The van der Waals surface area contributed by atoms with Gasteiger partial charge in [0.05, 0.1) is 13.2 Å². The summed E-state index contributed by atoms with van der Waals surface area (Å²) in [7, 11) is 0. The summed E-state index contributed by atoms with van der Waals surface area (Å²) in [6.07, 6.45) is 0. The molecular formula is C16H18Cl2O3.